The maximum Gasteiger partial charge on any atom is 0.167 e. The summed E-state index contributed by atoms with van der Waals surface area (Å²) in [4.78, 5) is 23.9. The van der Waals surface area contributed by atoms with Crippen molar-refractivity contribution in [3.63, 3.8) is 0 Å². The van der Waals surface area contributed by atoms with Gasteiger partial charge in [0.25, 0.3) is 0 Å². The molecule has 0 amide bonds. The van der Waals surface area contributed by atoms with E-state index in [1.807, 2.05) is 0 Å². The van der Waals surface area contributed by atoms with E-state index in [9.17, 15) is 14.7 Å². The van der Waals surface area contributed by atoms with Crippen molar-refractivity contribution in [2.24, 2.45) is 0 Å². The number of carbonyl (C=O) groups is 2. The van der Waals surface area contributed by atoms with Gasteiger partial charge in [0.2, 0.25) is 0 Å². The lowest BCUT2D eigenvalue weighted by Crippen LogP contribution is -2.25. The maximum atomic E-state index is 12.9. The highest BCUT2D eigenvalue weighted by molar-refractivity contribution is 6.00. The third-order valence-electron chi connectivity index (χ3n) is 4.06. The third kappa shape index (κ3) is 4.69. The van der Waals surface area contributed by atoms with Crippen LogP contribution in [0.2, 0.25) is 0 Å². The zero-order chi connectivity index (χ0) is 20.0. The lowest BCUT2D eigenvalue weighted by atomic mass is 9.96. The topological polar surface area (TPSA) is 94.1 Å². The van der Waals surface area contributed by atoms with Gasteiger partial charge in [-0.2, -0.15) is 0 Å². The van der Waals surface area contributed by atoms with Gasteiger partial charge in [0.05, 0.1) is 28.4 Å². The van der Waals surface area contributed by atoms with Gasteiger partial charge in [-0.3, -0.25) is 4.79 Å². The quantitative estimate of drug-likeness (QED) is 0.614. The summed E-state index contributed by atoms with van der Waals surface area (Å²) < 4.78 is 20.8. The molecule has 0 saturated heterocycles. The molecule has 7 heteroatoms. The molecule has 144 valence electrons. The Labute approximate surface area is 157 Å². The summed E-state index contributed by atoms with van der Waals surface area (Å²) in [5.41, 5.74) is 1.25. The Morgan fingerprint density at radius 1 is 0.778 bits per heavy atom. The van der Waals surface area contributed by atoms with Gasteiger partial charge in [0.1, 0.15) is 0 Å². The second-order valence-corrected chi connectivity index (χ2v) is 5.70. The van der Waals surface area contributed by atoms with Crippen molar-refractivity contribution in [2.75, 3.05) is 28.4 Å². The Balaban J connectivity index is 2.40. The molecule has 27 heavy (non-hydrogen) atoms. The van der Waals surface area contributed by atoms with E-state index in [1.165, 1.54) is 40.6 Å². The summed E-state index contributed by atoms with van der Waals surface area (Å²) in [6, 6.07) is 8.13. The average Bonchev–Trinajstić information content (AvgIpc) is 2.66. The SMILES string of the molecule is COc1ccc(CC(=O)c2cc(OC)c(OC)cc2CC(=O)[O-])cc1OC. The molecule has 0 aliphatic carbocycles. The summed E-state index contributed by atoms with van der Waals surface area (Å²) in [7, 11) is 5.92. The average molecular weight is 373 g/mol. The van der Waals surface area contributed by atoms with Gasteiger partial charge in [0, 0.05) is 24.4 Å². The van der Waals surface area contributed by atoms with Gasteiger partial charge < -0.3 is 28.8 Å². The number of ketones is 1. The maximum absolute atomic E-state index is 12.9. The van der Waals surface area contributed by atoms with Crippen LogP contribution in [0.15, 0.2) is 30.3 Å². The molecule has 0 radical (unpaired) electrons. The number of ether oxygens (including phenoxy) is 4. The highest BCUT2D eigenvalue weighted by Gasteiger charge is 2.18. The summed E-state index contributed by atoms with van der Waals surface area (Å²) in [5.74, 6) is 0.191. The van der Waals surface area contributed by atoms with E-state index in [0.717, 1.165) is 0 Å². The number of carbonyl (C=O) groups excluding carboxylic acids is 2. The number of hydrogen-bond acceptors (Lipinski definition) is 7. The first kappa shape index (κ1) is 20.1. The van der Waals surface area contributed by atoms with E-state index in [0.29, 0.717) is 34.1 Å². The number of Topliss-reactive ketones (excluding diaryl/α,β-unsaturated/α-hetero) is 1. The fourth-order valence-electron chi connectivity index (χ4n) is 2.75. The Morgan fingerprint density at radius 3 is 1.89 bits per heavy atom. The van der Waals surface area contributed by atoms with Crippen molar-refractivity contribution in [3.05, 3.63) is 47.0 Å². The zero-order valence-electron chi connectivity index (χ0n) is 15.7. The van der Waals surface area contributed by atoms with Crippen LogP contribution in [0.3, 0.4) is 0 Å². The molecule has 0 unspecified atom stereocenters. The fraction of sp³-hybridized carbons (Fsp3) is 0.300. The monoisotopic (exact) mass is 373 g/mol. The minimum Gasteiger partial charge on any atom is -0.550 e. The number of carboxylic acids is 1. The minimum atomic E-state index is -1.29. The van der Waals surface area contributed by atoms with E-state index in [1.54, 1.807) is 18.2 Å². The van der Waals surface area contributed by atoms with Crippen molar-refractivity contribution < 1.29 is 33.6 Å². The van der Waals surface area contributed by atoms with Crippen molar-refractivity contribution in [1.82, 2.24) is 0 Å². The van der Waals surface area contributed by atoms with Crippen LogP contribution >= 0.6 is 0 Å². The van der Waals surface area contributed by atoms with Crippen LogP contribution in [0, 0.1) is 0 Å². The predicted octanol–water partition coefficient (Wildman–Crippen LogP) is 1.44. The molecule has 2 aromatic rings. The molecule has 0 spiro atoms. The van der Waals surface area contributed by atoms with Crippen LogP contribution in [0.5, 0.6) is 23.0 Å². The lowest BCUT2D eigenvalue weighted by Gasteiger charge is -2.15. The van der Waals surface area contributed by atoms with Crippen LogP contribution in [0.4, 0.5) is 0 Å². The van der Waals surface area contributed by atoms with Crippen LogP contribution in [-0.2, 0) is 17.6 Å². The van der Waals surface area contributed by atoms with Gasteiger partial charge in [-0.25, -0.2) is 0 Å². The van der Waals surface area contributed by atoms with Crippen LogP contribution in [0.25, 0.3) is 0 Å². The number of benzene rings is 2. The lowest BCUT2D eigenvalue weighted by molar-refractivity contribution is -0.304. The van der Waals surface area contributed by atoms with Gasteiger partial charge >= 0.3 is 0 Å². The molecule has 2 rings (SSSR count). The molecule has 0 aliphatic heterocycles. The minimum absolute atomic E-state index is 0.0515. The molecular formula is C20H21O7-. The second-order valence-electron chi connectivity index (χ2n) is 5.70. The molecule has 0 aliphatic rings. The van der Waals surface area contributed by atoms with Crippen LogP contribution in [-0.4, -0.2) is 40.2 Å². The second kappa shape index (κ2) is 8.93. The Morgan fingerprint density at radius 2 is 1.33 bits per heavy atom. The van der Waals surface area contributed by atoms with Crippen LogP contribution < -0.4 is 24.1 Å². The normalized spacial score (nSPS) is 10.2. The van der Waals surface area contributed by atoms with Gasteiger partial charge in [-0.1, -0.05) is 6.07 Å². The Bertz CT molecular complexity index is 842. The number of methoxy groups -OCH3 is 4. The first-order valence-electron chi connectivity index (χ1n) is 8.12. The smallest absolute Gasteiger partial charge is 0.167 e. The zero-order valence-corrected chi connectivity index (χ0v) is 15.7. The summed E-state index contributed by atoms with van der Waals surface area (Å²) in [6.07, 6.45) is -0.358. The van der Waals surface area contributed by atoms with Crippen molar-refractivity contribution in [3.8, 4) is 23.0 Å². The van der Waals surface area contributed by atoms with Crippen LogP contribution in [0.1, 0.15) is 21.5 Å². The molecule has 0 aromatic heterocycles. The molecule has 0 bridgehead atoms. The number of carboxylic acid groups (broad SMARTS) is 1. The van der Waals surface area contributed by atoms with Crippen molar-refractivity contribution in [1.29, 1.82) is 0 Å². The summed E-state index contributed by atoms with van der Waals surface area (Å²) in [5, 5.41) is 11.1. The molecule has 2 aromatic carbocycles. The third-order valence-corrected chi connectivity index (χ3v) is 4.06. The Hall–Kier alpha value is -3.22. The van der Waals surface area contributed by atoms with Gasteiger partial charge in [-0.05, 0) is 35.4 Å². The van der Waals surface area contributed by atoms with Gasteiger partial charge in [0.15, 0.2) is 28.8 Å². The molecule has 0 heterocycles. The number of rotatable bonds is 9. The molecule has 0 saturated carbocycles. The Kier molecular flexibility index (Phi) is 6.65. The molecular weight excluding hydrogens is 352 g/mol. The number of aliphatic carboxylic acids is 1. The van der Waals surface area contributed by atoms with Gasteiger partial charge in [-0.15, -0.1) is 0 Å². The summed E-state index contributed by atoms with van der Waals surface area (Å²) in [6.45, 7) is 0. The number of hydrogen-bond donors (Lipinski definition) is 0. The van der Waals surface area contributed by atoms with E-state index in [4.69, 9.17) is 18.9 Å². The predicted molar refractivity (Wildman–Crippen MR) is 95.8 cm³/mol. The van der Waals surface area contributed by atoms with Crippen molar-refractivity contribution in [2.45, 2.75) is 12.8 Å². The largest absolute Gasteiger partial charge is 0.550 e. The molecule has 0 fully saturated rings. The van der Waals surface area contributed by atoms with Crippen molar-refractivity contribution >= 4 is 11.8 Å². The fourth-order valence-corrected chi connectivity index (χ4v) is 2.75. The van der Waals surface area contributed by atoms with E-state index in [2.05, 4.69) is 0 Å². The first-order chi connectivity index (χ1) is 12.9. The molecule has 7 nitrogen and oxygen atoms in total. The highest BCUT2D eigenvalue weighted by Crippen LogP contribution is 2.32. The first-order valence-corrected chi connectivity index (χ1v) is 8.12. The summed E-state index contributed by atoms with van der Waals surface area (Å²) >= 11 is 0. The highest BCUT2D eigenvalue weighted by atomic mass is 16.5. The molecule has 0 N–H and O–H groups in total. The molecule has 0 atom stereocenters. The van der Waals surface area contributed by atoms with E-state index < -0.39 is 12.4 Å². The van der Waals surface area contributed by atoms with E-state index in [-0.39, 0.29) is 17.8 Å². The standard InChI is InChI=1S/C20H22O7/c1-24-16-6-5-12(8-17(16)25-2)7-15(21)14-11-19(27-4)18(26-3)9-13(14)10-20(22)23/h5-6,8-9,11H,7,10H2,1-4H3,(H,22,23)/p-1. The van der Waals surface area contributed by atoms with E-state index >= 15 is 0 Å².